The minimum absolute atomic E-state index is 0.0230. The Morgan fingerprint density at radius 1 is 1.06 bits per heavy atom. The first-order valence-electron chi connectivity index (χ1n) is 9.98. The molecule has 7 nitrogen and oxygen atoms in total. The van der Waals surface area contributed by atoms with Crippen LogP contribution in [0.5, 0.6) is 0 Å². The number of carbonyl (C=O) groups is 2. The van der Waals surface area contributed by atoms with Gasteiger partial charge in [0.05, 0.1) is 18.2 Å². The zero-order chi connectivity index (χ0) is 22.5. The molecule has 0 aliphatic carbocycles. The second-order valence-electron chi connectivity index (χ2n) is 7.46. The number of nitrogens with one attached hydrogen (secondary N) is 1. The van der Waals surface area contributed by atoms with Crippen LogP contribution >= 0.6 is 11.6 Å². The summed E-state index contributed by atoms with van der Waals surface area (Å²) in [5, 5.41) is 23.5. The lowest BCUT2D eigenvalue weighted by molar-refractivity contribution is -0.139. The van der Waals surface area contributed by atoms with Gasteiger partial charge in [0.2, 0.25) is 0 Å². The molecular formula is C23H26ClN3O4. The van der Waals surface area contributed by atoms with Gasteiger partial charge in [-0.25, -0.2) is 0 Å². The largest absolute Gasteiger partial charge is 0.507 e. The minimum atomic E-state index is -0.726. The second-order valence-corrected chi connectivity index (χ2v) is 7.90. The highest BCUT2D eigenvalue weighted by molar-refractivity contribution is 6.46. The van der Waals surface area contributed by atoms with Crippen molar-refractivity contribution in [1.82, 2.24) is 10.2 Å². The van der Waals surface area contributed by atoms with Crippen LogP contribution in [0, 0.1) is 0 Å². The molecule has 1 saturated heterocycles. The molecule has 1 fully saturated rings. The molecule has 0 spiro atoms. The highest BCUT2D eigenvalue weighted by Gasteiger charge is 2.45. The molecular weight excluding hydrogens is 418 g/mol. The van der Waals surface area contributed by atoms with Crippen LogP contribution in [0.1, 0.15) is 17.2 Å². The maximum atomic E-state index is 12.9. The van der Waals surface area contributed by atoms with Gasteiger partial charge in [0, 0.05) is 50.0 Å². The molecule has 3 N–H and O–H groups in total. The van der Waals surface area contributed by atoms with E-state index in [4.69, 9.17) is 16.7 Å². The van der Waals surface area contributed by atoms with Crippen LogP contribution in [0.4, 0.5) is 5.69 Å². The molecule has 0 bridgehead atoms. The number of aliphatic hydroxyl groups excluding tert-OH is 2. The van der Waals surface area contributed by atoms with E-state index in [1.54, 1.807) is 24.3 Å². The number of hydrogen-bond acceptors (Lipinski definition) is 6. The van der Waals surface area contributed by atoms with Gasteiger partial charge in [-0.05, 0) is 42.0 Å². The van der Waals surface area contributed by atoms with E-state index in [1.165, 1.54) is 4.90 Å². The summed E-state index contributed by atoms with van der Waals surface area (Å²) in [6.45, 7) is 1.02. The highest BCUT2D eigenvalue weighted by atomic mass is 35.5. The van der Waals surface area contributed by atoms with Gasteiger partial charge in [-0.2, -0.15) is 0 Å². The average Bonchev–Trinajstić information content (AvgIpc) is 3.01. The Balaban J connectivity index is 2.06. The van der Waals surface area contributed by atoms with E-state index in [-0.39, 0.29) is 24.5 Å². The zero-order valence-electron chi connectivity index (χ0n) is 17.5. The lowest BCUT2D eigenvalue weighted by Crippen LogP contribution is -2.36. The molecule has 0 saturated carbocycles. The number of ketones is 1. The Morgan fingerprint density at radius 2 is 1.71 bits per heavy atom. The summed E-state index contributed by atoms with van der Waals surface area (Å²) in [6.07, 6.45) is 0. The van der Waals surface area contributed by atoms with Crippen molar-refractivity contribution >= 4 is 34.7 Å². The number of nitrogens with zero attached hydrogens (tertiary/aromatic N) is 2. The van der Waals surface area contributed by atoms with E-state index in [1.807, 2.05) is 43.3 Å². The second kappa shape index (κ2) is 9.96. The number of Topliss-reactive ketones (excluding diaryl/α,β-unsaturated/α-hetero) is 1. The number of likely N-dealkylation sites (tertiary alicyclic amines) is 1. The molecule has 1 atom stereocenters. The summed E-state index contributed by atoms with van der Waals surface area (Å²) >= 11 is 5.94. The summed E-state index contributed by atoms with van der Waals surface area (Å²) in [6, 6.07) is 13.3. The summed E-state index contributed by atoms with van der Waals surface area (Å²) in [4.78, 5) is 29.2. The molecule has 164 valence electrons. The van der Waals surface area contributed by atoms with Crippen molar-refractivity contribution in [3.8, 4) is 0 Å². The summed E-state index contributed by atoms with van der Waals surface area (Å²) in [5.41, 5.74) is 2.16. The molecule has 31 heavy (non-hydrogen) atoms. The van der Waals surface area contributed by atoms with E-state index in [9.17, 15) is 14.7 Å². The number of amides is 1. The van der Waals surface area contributed by atoms with Crippen molar-refractivity contribution < 1.29 is 19.8 Å². The van der Waals surface area contributed by atoms with Crippen LogP contribution in [0.25, 0.3) is 5.76 Å². The number of anilines is 1. The first-order valence-corrected chi connectivity index (χ1v) is 10.4. The van der Waals surface area contributed by atoms with Gasteiger partial charge >= 0.3 is 0 Å². The number of aliphatic hydroxyl groups is 2. The third kappa shape index (κ3) is 4.90. The molecule has 1 aliphatic heterocycles. The predicted octanol–water partition coefficient (Wildman–Crippen LogP) is 2.41. The Labute approximate surface area is 186 Å². The molecule has 0 radical (unpaired) electrons. The fourth-order valence-corrected chi connectivity index (χ4v) is 3.70. The van der Waals surface area contributed by atoms with Gasteiger partial charge in [-0.1, -0.05) is 23.7 Å². The molecule has 1 amide bonds. The van der Waals surface area contributed by atoms with Gasteiger partial charge in [0.15, 0.2) is 0 Å². The van der Waals surface area contributed by atoms with E-state index in [0.29, 0.717) is 23.7 Å². The van der Waals surface area contributed by atoms with Gasteiger partial charge in [0.25, 0.3) is 11.7 Å². The zero-order valence-corrected chi connectivity index (χ0v) is 18.3. The fraction of sp³-hybridized carbons (Fsp3) is 0.304. The van der Waals surface area contributed by atoms with Gasteiger partial charge in [-0.15, -0.1) is 0 Å². The predicted molar refractivity (Wildman–Crippen MR) is 121 cm³/mol. The molecule has 1 aliphatic rings. The Kier molecular flexibility index (Phi) is 7.33. The Bertz CT molecular complexity index is 971. The van der Waals surface area contributed by atoms with Gasteiger partial charge in [0.1, 0.15) is 5.76 Å². The quantitative estimate of drug-likeness (QED) is 0.251. The van der Waals surface area contributed by atoms with Gasteiger partial charge in [-0.3, -0.25) is 9.59 Å². The number of hydrogen-bond donors (Lipinski definition) is 3. The first kappa shape index (κ1) is 22.8. The number of halogens is 1. The lowest BCUT2D eigenvalue weighted by Gasteiger charge is -2.26. The van der Waals surface area contributed by atoms with Crippen LogP contribution in [-0.4, -0.2) is 67.1 Å². The summed E-state index contributed by atoms with van der Waals surface area (Å²) in [7, 11) is 3.85. The third-order valence-electron chi connectivity index (χ3n) is 5.20. The third-order valence-corrected chi connectivity index (χ3v) is 5.45. The monoisotopic (exact) mass is 443 g/mol. The smallest absolute Gasteiger partial charge is 0.295 e. The van der Waals surface area contributed by atoms with Crippen LogP contribution in [0.3, 0.4) is 0 Å². The first-order chi connectivity index (χ1) is 14.8. The fourth-order valence-electron chi connectivity index (χ4n) is 3.58. The minimum Gasteiger partial charge on any atom is -0.507 e. The normalized spacial score (nSPS) is 17.9. The summed E-state index contributed by atoms with van der Waals surface area (Å²) < 4.78 is 0. The highest BCUT2D eigenvalue weighted by Crippen LogP contribution is 2.39. The maximum Gasteiger partial charge on any atom is 0.295 e. The SMILES string of the molecule is CN(C)c1ccc([C@H]2C(=C(O)c3ccc(Cl)cc3)C(=O)C(=O)N2CCNCCO)cc1. The molecule has 0 unspecified atom stereocenters. The van der Waals surface area contributed by atoms with Crippen LogP contribution in [-0.2, 0) is 9.59 Å². The number of benzene rings is 2. The van der Waals surface area contributed by atoms with Crippen LogP contribution in [0.15, 0.2) is 54.1 Å². The lowest BCUT2D eigenvalue weighted by atomic mass is 9.95. The maximum absolute atomic E-state index is 12.9. The average molecular weight is 444 g/mol. The number of rotatable bonds is 8. The van der Waals surface area contributed by atoms with Crippen molar-refractivity contribution in [2.24, 2.45) is 0 Å². The summed E-state index contributed by atoms with van der Waals surface area (Å²) in [5.74, 6) is -1.62. The van der Waals surface area contributed by atoms with E-state index < -0.39 is 17.7 Å². The molecule has 8 heteroatoms. The Hall–Kier alpha value is -2.87. The number of carbonyl (C=O) groups excluding carboxylic acids is 2. The molecule has 0 aromatic heterocycles. The van der Waals surface area contributed by atoms with E-state index in [0.717, 1.165) is 11.3 Å². The van der Waals surface area contributed by atoms with E-state index in [2.05, 4.69) is 5.32 Å². The van der Waals surface area contributed by atoms with E-state index >= 15 is 0 Å². The van der Waals surface area contributed by atoms with Crippen LogP contribution < -0.4 is 10.2 Å². The molecule has 2 aromatic rings. The Morgan fingerprint density at radius 3 is 2.29 bits per heavy atom. The molecule has 3 rings (SSSR count). The molecule has 1 heterocycles. The topological polar surface area (TPSA) is 93.1 Å². The van der Waals surface area contributed by atoms with Crippen molar-refractivity contribution in [3.05, 3.63) is 70.3 Å². The standard InChI is InChI=1S/C23H26ClN3O4/c1-26(2)18-9-5-15(6-10-18)20-19(21(29)16-3-7-17(24)8-4-16)22(30)23(31)27(20)13-11-25-12-14-28/h3-10,20,25,28-29H,11-14H2,1-2H3/t20-/m0/s1. The van der Waals surface area contributed by atoms with Crippen molar-refractivity contribution in [2.45, 2.75) is 6.04 Å². The van der Waals surface area contributed by atoms with Crippen molar-refractivity contribution in [2.75, 3.05) is 45.2 Å². The van der Waals surface area contributed by atoms with Gasteiger partial charge < -0.3 is 25.3 Å². The van der Waals surface area contributed by atoms with Crippen LogP contribution in [0.2, 0.25) is 5.02 Å². The molecule has 2 aromatic carbocycles. The van der Waals surface area contributed by atoms with Crippen molar-refractivity contribution in [1.29, 1.82) is 0 Å². The van der Waals surface area contributed by atoms with Crippen molar-refractivity contribution in [3.63, 3.8) is 0 Å².